The van der Waals surface area contributed by atoms with Crippen molar-refractivity contribution in [1.29, 1.82) is 0 Å². The number of H-pyrrole nitrogens is 1. The first-order chi connectivity index (χ1) is 32.6. The second-order valence-electron chi connectivity index (χ2n) is 17.6. The summed E-state index contributed by atoms with van der Waals surface area (Å²) in [7, 11) is 1.25. The molecule has 23 heteroatoms. The van der Waals surface area contributed by atoms with Crippen LogP contribution in [0.2, 0.25) is 0 Å². The molecule has 1 saturated heterocycles. The van der Waals surface area contributed by atoms with Crippen LogP contribution in [0.4, 0.5) is 0 Å². The number of amides is 8. The molecule has 8 amide bonds. The van der Waals surface area contributed by atoms with Gasteiger partial charge in [-0.2, -0.15) is 0 Å². The molecule has 0 bridgehead atoms. The first-order valence-electron chi connectivity index (χ1n) is 22.7. The van der Waals surface area contributed by atoms with E-state index in [9.17, 15) is 62.6 Å². The quantitative estimate of drug-likeness (QED) is 0.0761. The summed E-state index contributed by atoms with van der Waals surface area (Å²) in [6.07, 6.45) is -1.12. The molecule has 0 radical (unpaired) electrons. The van der Waals surface area contributed by atoms with E-state index in [2.05, 4.69) is 31.2 Å². The van der Waals surface area contributed by atoms with E-state index < -0.39 is 170 Å². The molecule has 376 valence electrons. The Kier molecular flexibility index (Phi) is 22.3. The van der Waals surface area contributed by atoms with E-state index in [1.54, 1.807) is 26.0 Å². The summed E-state index contributed by atoms with van der Waals surface area (Å²) >= 11 is 0. The molecule has 2 aromatic rings. The molecule has 1 aliphatic rings. The van der Waals surface area contributed by atoms with Gasteiger partial charge in [0.2, 0.25) is 47.3 Å². The molecule has 0 aliphatic carbocycles. The van der Waals surface area contributed by atoms with Gasteiger partial charge in [0.05, 0.1) is 50.4 Å². The van der Waals surface area contributed by atoms with Gasteiger partial charge >= 0.3 is 0 Å². The topological polar surface area (TPSA) is 383 Å². The molecule has 12 N–H and O–H groups in total. The van der Waals surface area contributed by atoms with Crippen LogP contribution in [-0.4, -0.2) is 129 Å². The summed E-state index contributed by atoms with van der Waals surface area (Å²) in [5, 5.41) is 19.9. The summed E-state index contributed by atoms with van der Waals surface area (Å²) in [5.41, 5.74) is 17.1. The van der Waals surface area contributed by atoms with Gasteiger partial charge in [0.25, 0.3) is 0 Å². The van der Waals surface area contributed by atoms with Gasteiger partial charge in [0, 0.05) is 81.6 Å². The fourth-order valence-corrected chi connectivity index (χ4v) is 7.84. The minimum atomic E-state index is -1.67. The summed E-state index contributed by atoms with van der Waals surface area (Å²) in [5.74, 6) is -14.6. The van der Waals surface area contributed by atoms with Crippen LogP contribution in [0.1, 0.15) is 89.3 Å². The lowest BCUT2D eigenvalue weighted by atomic mass is 9.86. The highest BCUT2D eigenvalue weighted by Gasteiger charge is 2.36. The number of carbonyl (C=O) groups is 12. The maximum atomic E-state index is 14.1. The molecule has 1 aromatic heterocycles. The summed E-state index contributed by atoms with van der Waals surface area (Å²) < 4.78 is 0. The number of Topliss-reactive ketones (excluding diaryl/α,β-unsaturated/α-hetero) is 4. The Labute approximate surface area is 398 Å². The number of rotatable bonds is 19. The van der Waals surface area contributed by atoms with E-state index >= 15 is 0 Å². The smallest absolute Gasteiger partial charge is 0.236 e. The van der Waals surface area contributed by atoms with E-state index in [1.807, 2.05) is 0 Å². The van der Waals surface area contributed by atoms with E-state index in [4.69, 9.17) is 17.2 Å². The molecule has 7 atom stereocenters. The van der Waals surface area contributed by atoms with E-state index in [-0.39, 0.29) is 37.9 Å². The number of aromatic hydroxyl groups is 1. The molecule has 1 fully saturated rings. The highest BCUT2D eigenvalue weighted by Crippen LogP contribution is 2.23. The lowest BCUT2D eigenvalue weighted by Gasteiger charge is -2.28. The number of carbonyl (C=O) groups excluding carboxylic acids is 12. The number of aromatic nitrogens is 2. The SMILES string of the molecule is CC[C@H](C)[C@@H]1NC(=O)[C@H](Cc2ccc(O)cc2)CC(=O)CNC(=O)CC[C@@H](C(=O)N(C)CC(=O)C[C@@H](Cc2cnc[nH]2)C(=O)NCC(N)=O)CC(=O)[C@H](CC(N)=O)NC(=O)[C@H](CCC(N)=O)CC1=O. The predicted molar refractivity (Wildman–Crippen MR) is 244 cm³/mol. The van der Waals surface area contributed by atoms with Crippen molar-refractivity contribution in [2.24, 2.45) is 46.8 Å². The van der Waals surface area contributed by atoms with Crippen LogP contribution in [0.25, 0.3) is 0 Å². The van der Waals surface area contributed by atoms with Crippen LogP contribution >= 0.6 is 0 Å². The minimum absolute atomic E-state index is 0.00201. The zero-order valence-electron chi connectivity index (χ0n) is 39.1. The number of phenols is 1. The number of nitrogens with one attached hydrogen (secondary N) is 5. The van der Waals surface area contributed by atoms with E-state index in [0.717, 1.165) is 4.90 Å². The number of hydrogen-bond acceptors (Lipinski definition) is 14. The van der Waals surface area contributed by atoms with Gasteiger partial charge in [-0.25, -0.2) is 4.98 Å². The summed E-state index contributed by atoms with van der Waals surface area (Å²) in [6, 6.07) is 3.03. The number of nitrogens with zero attached hydrogens (tertiary/aromatic N) is 2. The lowest BCUT2D eigenvalue weighted by Crippen LogP contribution is -2.50. The Hall–Kier alpha value is -7.33. The molecule has 2 heterocycles. The molecule has 1 aliphatic heterocycles. The van der Waals surface area contributed by atoms with Crippen molar-refractivity contribution < 1.29 is 62.6 Å². The molecule has 23 nitrogen and oxygen atoms in total. The number of primary amides is 3. The number of likely N-dealkylation sites (N-methyl/N-ethyl adjacent to an activating group) is 1. The third kappa shape index (κ3) is 19.4. The van der Waals surface area contributed by atoms with Gasteiger partial charge in [-0.05, 0) is 42.9 Å². The Bertz CT molecular complexity index is 2200. The molecule has 69 heavy (non-hydrogen) atoms. The third-order valence-corrected chi connectivity index (χ3v) is 11.9. The van der Waals surface area contributed by atoms with Gasteiger partial charge in [0.15, 0.2) is 23.1 Å². The molecular weight excluding hydrogens is 901 g/mol. The van der Waals surface area contributed by atoms with Crippen molar-refractivity contribution in [3.63, 3.8) is 0 Å². The zero-order valence-corrected chi connectivity index (χ0v) is 39.1. The Balaban J connectivity index is 2.00. The average molecular weight is 965 g/mol. The van der Waals surface area contributed by atoms with Crippen LogP contribution < -0.4 is 38.5 Å². The molecular formula is C46H64N10O13. The molecule has 0 unspecified atom stereocenters. The normalized spacial score (nSPS) is 21.1. The second-order valence-corrected chi connectivity index (χ2v) is 17.6. The van der Waals surface area contributed by atoms with Crippen LogP contribution in [0.15, 0.2) is 36.8 Å². The Morgan fingerprint density at radius 3 is 2.17 bits per heavy atom. The van der Waals surface area contributed by atoms with Crippen LogP contribution in [0, 0.1) is 29.6 Å². The summed E-state index contributed by atoms with van der Waals surface area (Å²) in [4.78, 5) is 167. The number of ketones is 4. The van der Waals surface area contributed by atoms with Crippen molar-refractivity contribution in [2.75, 3.05) is 26.7 Å². The number of nitrogens with two attached hydrogens (primary N) is 3. The van der Waals surface area contributed by atoms with E-state index in [1.165, 1.54) is 31.7 Å². The molecule has 0 saturated carbocycles. The first kappa shape index (κ1) is 56.0. The van der Waals surface area contributed by atoms with Gasteiger partial charge in [0.1, 0.15) is 5.75 Å². The first-order valence-corrected chi connectivity index (χ1v) is 22.7. The Morgan fingerprint density at radius 1 is 0.884 bits per heavy atom. The fourth-order valence-electron chi connectivity index (χ4n) is 7.84. The molecule has 3 rings (SSSR count). The molecule has 1 aromatic carbocycles. The number of aromatic amines is 1. The maximum Gasteiger partial charge on any atom is 0.236 e. The largest absolute Gasteiger partial charge is 0.508 e. The monoisotopic (exact) mass is 964 g/mol. The van der Waals surface area contributed by atoms with Crippen molar-refractivity contribution >= 4 is 70.4 Å². The van der Waals surface area contributed by atoms with Gasteiger partial charge in [-0.3, -0.25) is 57.5 Å². The van der Waals surface area contributed by atoms with Crippen molar-refractivity contribution in [3.8, 4) is 5.75 Å². The van der Waals surface area contributed by atoms with Crippen LogP contribution in [-0.2, 0) is 70.4 Å². The van der Waals surface area contributed by atoms with Crippen LogP contribution in [0.5, 0.6) is 5.75 Å². The predicted octanol–water partition coefficient (Wildman–Crippen LogP) is -1.67. The summed E-state index contributed by atoms with van der Waals surface area (Å²) in [6.45, 7) is 1.83. The third-order valence-electron chi connectivity index (χ3n) is 11.9. The highest BCUT2D eigenvalue weighted by atomic mass is 16.3. The lowest BCUT2D eigenvalue weighted by molar-refractivity contribution is -0.141. The highest BCUT2D eigenvalue weighted by molar-refractivity contribution is 5.99. The average Bonchev–Trinajstić information content (AvgIpc) is 3.81. The maximum absolute atomic E-state index is 14.1. The van der Waals surface area contributed by atoms with Crippen molar-refractivity contribution in [2.45, 2.75) is 103 Å². The zero-order chi connectivity index (χ0) is 51.4. The van der Waals surface area contributed by atoms with Gasteiger partial charge in [-0.1, -0.05) is 32.4 Å². The Morgan fingerprint density at radius 2 is 1.57 bits per heavy atom. The van der Waals surface area contributed by atoms with Crippen LogP contribution in [0.3, 0.4) is 0 Å². The fraction of sp³-hybridized carbons (Fsp3) is 0.543. The number of hydrogen-bond donors (Lipinski definition) is 9. The number of phenolic OH excluding ortho intramolecular Hbond substituents is 1. The number of benzene rings is 1. The second kappa shape index (κ2) is 27.5. The van der Waals surface area contributed by atoms with Gasteiger partial charge < -0.3 is 53.5 Å². The van der Waals surface area contributed by atoms with Crippen molar-refractivity contribution in [1.82, 2.24) is 36.1 Å². The standard InChI is InChI=1S/C46H64N10O13/c1-4-25(2)42-37(61)17-27(7-11-38(47)62)44(67)54-35(19-39(48)63)36(60)18-28(8-12-41(65)51-21-33(58)15-29(45(68)55-42)13-26-5-9-32(57)10-6-26)46(69)56(3)23-34(59)16-30(14-31-20-50-24-53-31)43(66)52-22-40(49)64/h5-6,9-10,20,24-25,27-30,35,42,57H,4,7-8,11-19,21-23H2,1-3H3,(H2,47,62)(H2,48,63)(H2,49,64)(H,50,53)(H,51,65)(H,52,66)(H,54,67)(H,55,68)/t25-,27+,28+,29+,30+,35-,42-/m0/s1. The van der Waals surface area contributed by atoms with Gasteiger partial charge in [-0.15, -0.1) is 0 Å². The minimum Gasteiger partial charge on any atom is -0.508 e. The molecule has 0 spiro atoms. The van der Waals surface area contributed by atoms with Crippen molar-refractivity contribution in [3.05, 3.63) is 48.0 Å². The number of imidazole rings is 1. The van der Waals surface area contributed by atoms with E-state index in [0.29, 0.717) is 17.7 Å².